The van der Waals surface area contributed by atoms with Crippen LogP contribution in [0.2, 0.25) is 0 Å². The van der Waals surface area contributed by atoms with Crippen LogP contribution in [0.3, 0.4) is 0 Å². The molecule has 3 nitrogen and oxygen atoms in total. The molecule has 0 saturated carbocycles. The number of benzene rings is 1. The summed E-state index contributed by atoms with van der Waals surface area (Å²) in [5, 5.41) is 0. The predicted octanol–water partition coefficient (Wildman–Crippen LogP) is 4.53. The zero-order valence-electron chi connectivity index (χ0n) is 15.7. The first-order valence-corrected chi connectivity index (χ1v) is 8.58. The second kappa shape index (κ2) is 6.18. The molecule has 0 atom stereocenters. The molecule has 1 heterocycles. The van der Waals surface area contributed by atoms with Crippen molar-refractivity contribution in [1.82, 2.24) is 4.90 Å². The highest BCUT2D eigenvalue weighted by Gasteiger charge is 2.30. The summed E-state index contributed by atoms with van der Waals surface area (Å²) in [5.74, 6) is 1.07. The van der Waals surface area contributed by atoms with Crippen LogP contribution in [0.15, 0.2) is 12.1 Å². The predicted molar refractivity (Wildman–Crippen MR) is 95.5 cm³/mol. The Labute approximate surface area is 141 Å². The van der Waals surface area contributed by atoms with Gasteiger partial charge in [0.25, 0.3) is 5.91 Å². The Hall–Kier alpha value is -1.51. The summed E-state index contributed by atoms with van der Waals surface area (Å²) in [7, 11) is 1.72. The number of amides is 1. The van der Waals surface area contributed by atoms with Crippen molar-refractivity contribution in [3.05, 3.63) is 28.8 Å². The highest BCUT2D eigenvalue weighted by atomic mass is 16.5. The molecule has 23 heavy (non-hydrogen) atoms. The average molecular weight is 317 g/mol. The fourth-order valence-corrected chi connectivity index (χ4v) is 3.19. The standard InChI is InChI=1S/C20H31NO2/c1-19(2,3)15-12-14(18(22)21-10-8-9-11-21)13-16(17(15)23-7)20(4,5)6/h12-13H,8-11H2,1-7H3. The summed E-state index contributed by atoms with van der Waals surface area (Å²) >= 11 is 0. The van der Waals surface area contributed by atoms with Gasteiger partial charge in [-0.25, -0.2) is 0 Å². The Morgan fingerprint density at radius 3 is 1.74 bits per heavy atom. The van der Waals surface area contributed by atoms with Crippen LogP contribution in [0.1, 0.15) is 75.9 Å². The lowest BCUT2D eigenvalue weighted by molar-refractivity contribution is 0.0792. The van der Waals surface area contributed by atoms with Crippen LogP contribution in [0, 0.1) is 0 Å². The summed E-state index contributed by atoms with van der Waals surface area (Å²) in [5.41, 5.74) is 2.85. The summed E-state index contributed by atoms with van der Waals surface area (Å²) in [6.45, 7) is 14.8. The summed E-state index contributed by atoms with van der Waals surface area (Å²) in [4.78, 5) is 14.9. The lowest BCUT2D eigenvalue weighted by Gasteiger charge is -2.30. The molecule has 1 aromatic carbocycles. The molecule has 128 valence electrons. The average Bonchev–Trinajstić information content (AvgIpc) is 2.97. The largest absolute Gasteiger partial charge is 0.496 e. The van der Waals surface area contributed by atoms with E-state index in [9.17, 15) is 4.79 Å². The third-order valence-corrected chi connectivity index (χ3v) is 4.55. The molecule has 0 aliphatic carbocycles. The topological polar surface area (TPSA) is 29.5 Å². The van der Waals surface area contributed by atoms with Gasteiger partial charge < -0.3 is 9.64 Å². The maximum atomic E-state index is 12.9. The van der Waals surface area contributed by atoms with E-state index in [4.69, 9.17) is 4.74 Å². The molecular formula is C20H31NO2. The zero-order chi connectivity index (χ0) is 17.4. The van der Waals surface area contributed by atoms with E-state index in [-0.39, 0.29) is 16.7 Å². The quantitative estimate of drug-likeness (QED) is 0.802. The van der Waals surface area contributed by atoms with Crippen molar-refractivity contribution in [3.63, 3.8) is 0 Å². The minimum Gasteiger partial charge on any atom is -0.496 e. The maximum Gasteiger partial charge on any atom is 0.253 e. The van der Waals surface area contributed by atoms with Crippen LogP contribution in [0.25, 0.3) is 0 Å². The maximum absolute atomic E-state index is 12.9. The molecule has 1 aliphatic heterocycles. The Bertz CT molecular complexity index is 550. The van der Waals surface area contributed by atoms with E-state index in [0.717, 1.165) is 48.4 Å². The zero-order valence-corrected chi connectivity index (χ0v) is 15.7. The number of ether oxygens (including phenoxy) is 1. The van der Waals surface area contributed by atoms with Crippen molar-refractivity contribution in [2.75, 3.05) is 20.2 Å². The Morgan fingerprint density at radius 2 is 1.39 bits per heavy atom. The van der Waals surface area contributed by atoms with E-state index in [1.54, 1.807) is 7.11 Å². The van der Waals surface area contributed by atoms with E-state index in [0.29, 0.717) is 0 Å². The highest BCUT2D eigenvalue weighted by Crippen LogP contribution is 2.40. The van der Waals surface area contributed by atoms with Gasteiger partial charge >= 0.3 is 0 Å². The molecule has 1 aliphatic rings. The second-order valence-electron chi connectivity index (χ2n) is 8.60. The molecule has 0 aromatic heterocycles. The normalized spacial score (nSPS) is 15.9. The molecule has 0 N–H and O–H groups in total. The molecule has 0 bridgehead atoms. The van der Waals surface area contributed by atoms with Crippen LogP contribution >= 0.6 is 0 Å². The molecule has 1 amide bonds. The number of carbonyl (C=O) groups excluding carboxylic acids is 1. The molecule has 1 saturated heterocycles. The number of carbonyl (C=O) groups is 1. The third-order valence-electron chi connectivity index (χ3n) is 4.55. The number of hydrogen-bond donors (Lipinski definition) is 0. The first-order valence-electron chi connectivity index (χ1n) is 8.58. The Morgan fingerprint density at radius 1 is 0.957 bits per heavy atom. The van der Waals surface area contributed by atoms with Gasteiger partial charge in [0.2, 0.25) is 0 Å². The lowest BCUT2D eigenvalue weighted by Crippen LogP contribution is -2.29. The van der Waals surface area contributed by atoms with E-state index < -0.39 is 0 Å². The van der Waals surface area contributed by atoms with Crippen molar-refractivity contribution >= 4 is 5.91 Å². The van der Waals surface area contributed by atoms with Crippen molar-refractivity contribution < 1.29 is 9.53 Å². The molecular weight excluding hydrogens is 286 g/mol. The minimum atomic E-state index is -0.0767. The van der Waals surface area contributed by atoms with Gasteiger partial charge in [-0.05, 0) is 35.8 Å². The minimum absolute atomic E-state index is 0.0767. The molecule has 1 aromatic rings. The van der Waals surface area contributed by atoms with Crippen molar-refractivity contribution in [3.8, 4) is 5.75 Å². The van der Waals surface area contributed by atoms with Gasteiger partial charge in [0.05, 0.1) is 7.11 Å². The van der Waals surface area contributed by atoms with E-state index in [1.807, 2.05) is 17.0 Å². The Kier molecular flexibility index (Phi) is 4.79. The smallest absolute Gasteiger partial charge is 0.253 e. The monoisotopic (exact) mass is 317 g/mol. The van der Waals surface area contributed by atoms with Crippen LogP contribution in [-0.2, 0) is 10.8 Å². The summed E-state index contributed by atoms with van der Waals surface area (Å²) in [6, 6.07) is 4.07. The van der Waals surface area contributed by atoms with Crippen molar-refractivity contribution in [1.29, 1.82) is 0 Å². The van der Waals surface area contributed by atoms with E-state index >= 15 is 0 Å². The molecule has 0 spiro atoms. The molecule has 0 radical (unpaired) electrons. The number of likely N-dealkylation sites (tertiary alicyclic amines) is 1. The lowest BCUT2D eigenvalue weighted by atomic mass is 9.78. The van der Waals surface area contributed by atoms with Gasteiger partial charge in [0.15, 0.2) is 0 Å². The SMILES string of the molecule is COc1c(C(C)(C)C)cc(C(=O)N2CCCC2)cc1C(C)(C)C. The first kappa shape index (κ1) is 17.8. The molecule has 2 rings (SSSR count). The van der Waals surface area contributed by atoms with Gasteiger partial charge in [-0.3, -0.25) is 4.79 Å². The van der Waals surface area contributed by atoms with Crippen LogP contribution in [0.5, 0.6) is 5.75 Å². The molecule has 0 unspecified atom stereocenters. The van der Waals surface area contributed by atoms with Gasteiger partial charge in [0.1, 0.15) is 5.75 Å². The van der Waals surface area contributed by atoms with E-state index in [2.05, 4.69) is 41.5 Å². The molecule has 1 fully saturated rings. The fraction of sp³-hybridized carbons (Fsp3) is 0.650. The number of nitrogens with zero attached hydrogens (tertiary/aromatic N) is 1. The number of methoxy groups -OCH3 is 1. The van der Waals surface area contributed by atoms with Crippen molar-refractivity contribution in [2.45, 2.75) is 65.2 Å². The van der Waals surface area contributed by atoms with Crippen LogP contribution < -0.4 is 4.74 Å². The highest BCUT2D eigenvalue weighted by molar-refractivity contribution is 5.95. The van der Waals surface area contributed by atoms with Crippen molar-refractivity contribution in [2.24, 2.45) is 0 Å². The molecule has 3 heteroatoms. The van der Waals surface area contributed by atoms with Crippen LogP contribution in [0.4, 0.5) is 0 Å². The second-order valence-corrected chi connectivity index (χ2v) is 8.60. The first-order chi connectivity index (χ1) is 10.6. The van der Waals surface area contributed by atoms with Gasteiger partial charge in [-0.1, -0.05) is 41.5 Å². The van der Waals surface area contributed by atoms with E-state index in [1.165, 1.54) is 0 Å². The Balaban J connectivity index is 2.62. The number of rotatable bonds is 2. The van der Waals surface area contributed by atoms with Gasteiger partial charge in [-0.2, -0.15) is 0 Å². The number of hydrogen-bond acceptors (Lipinski definition) is 2. The van der Waals surface area contributed by atoms with Gasteiger partial charge in [-0.15, -0.1) is 0 Å². The van der Waals surface area contributed by atoms with Crippen LogP contribution in [-0.4, -0.2) is 31.0 Å². The summed E-state index contributed by atoms with van der Waals surface area (Å²) in [6.07, 6.45) is 2.22. The fourth-order valence-electron chi connectivity index (χ4n) is 3.19. The third kappa shape index (κ3) is 3.70. The van der Waals surface area contributed by atoms with Gasteiger partial charge in [0, 0.05) is 29.8 Å². The summed E-state index contributed by atoms with van der Waals surface area (Å²) < 4.78 is 5.76.